The molecule has 1 fully saturated rings. The maximum atomic E-state index is 12.5. The van der Waals surface area contributed by atoms with Crippen LogP contribution in [-0.2, 0) is 15.8 Å². The standard InChI is InChI=1S/C17H21N3O2S/c21-23(22,14-15-6-2-1-3-7-15)19-16-8-4-5-9-17(16)20-12-10-18-11-13-20/h1-9,18-19H,10-14H2. The summed E-state index contributed by atoms with van der Waals surface area (Å²) >= 11 is 0. The molecule has 6 heteroatoms. The third kappa shape index (κ3) is 4.24. The molecule has 0 saturated carbocycles. The van der Waals surface area contributed by atoms with E-state index in [0.717, 1.165) is 37.4 Å². The first-order valence-corrected chi connectivity index (χ1v) is 9.38. The van der Waals surface area contributed by atoms with Gasteiger partial charge in [0.05, 0.1) is 17.1 Å². The lowest BCUT2D eigenvalue weighted by atomic mass is 10.2. The van der Waals surface area contributed by atoms with Gasteiger partial charge in [-0.05, 0) is 17.7 Å². The predicted octanol–water partition coefficient (Wildman–Crippen LogP) is 2.04. The molecule has 23 heavy (non-hydrogen) atoms. The lowest BCUT2D eigenvalue weighted by molar-refractivity contribution is 0.589. The smallest absolute Gasteiger partial charge is 0.236 e. The maximum absolute atomic E-state index is 12.5. The molecular weight excluding hydrogens is 310 g/mol. The largest absolute Gasteiger partial charge is 0.367 e. The molecule has 0 radical (unpaired) electrons. The highest BCUT2D eigenvalue weighted by molar-refractivity contribution is 7.91. The zero-order valence-electron chi connectivity index (χ0n) is 12.9. The van der Waals surface area contributed by atoms with Crippen molar-refractivity contribution in [2.75, 3.05) is 35.8 Å². The monoisotopic (exact) mass is 331 g/mol. The number of benzene rings is 2. The normalized spacial score (nSPS) is 15.4. The number of nitrogens with one attached hydrogen (secondary N) is 2. The second-order valence-corrected chi connectivity index (χ2v) is 7.32. The Bertz CT molecular complexity index is 741. The summed E-state index contributed by atoms with van der Waals surface area (Å²) in [6, 6.07) is 16.8. The SMILES string of the molecule is O=S(=O)(Cc1ccccc1)Nc1ccccc1N1CCNCC1. The highest BCUT2D eigenvalue weighted by atomic mass is 32.2. The van der Waals surface area contributed by atoms with E-state index in [2.05, 4.69) is 14.9 Å². The average molecular weight is 331 g/mol. The lowest BCUT2D eigenvalue weighted by Crippen LogP contribution is -2.43. The molecule has 1 heterocycles. The van der Waals surface area contributed by atoms with Crippen molar-refractivity contribution in [3.63, 3.8) is 0 Å². The molecule has 2 aromatic rings. The molecule has 0 bridgehead atoms. The fourth-order valence-corrected chi connectivity index (χ4v) is 3.95. The van der Waals surface area contributed by atoms with Gasteiger partial charge in [-0.25, -0.2) is 8.42 Å². The van der Waals surface area contributed by atoms with Gasteiger partial charge in [0.2, 0.25) is 10.0 Å². The van der Waals surface area contributed by atoms with E-state index in [1.165, 1.54) is 0 Å². The van der Waals surface area contributed by atoms with Crippen LogP contribution in [0.3, 0.4) is 0 Å². The van der Waals surface area contributed by atoms with Gasteiger partial charge < -0.3 is 10.2 Å². The fraction of sp³-hybridized carbons (Fsp3) is 0.294. The number of hydrogen-bond acceptors (Lipinski definition) is 4. The van der Waals surface area contributed by atoms with Crippen LogP contribution in [0.2, 0.25) is 0 Å². The van der Waals surface area contributed by atoms with E-state index < -0.39 is 10.0 Å². The van der Waals surface area contributed by atoms with Crippen molar-refractivity contribution in [1.29, 1.82) is 0 Å². The van der Waals surface area contributed by atoms with Crippen LogP contribution in [0.15, 0.2) is 54.6 Å². The second kappa shape index (κ2) is 7.02. The third-order valence-corrected chi connectivity index (χ3v) is 5.07. The fourth-order valence-electron chi connectivity index (χ4n) is 2.74. The van der Waals surface area contributed by atoms with Crippen LogP contribution in [0.4, 0.5) is 11.4 Å². The first kappa shape index (κ1) is 15.8. The highest BCUT2D eigenvalue weighted by Crippen LogP contribution is 2.27. The molecular formula is C17H21N3O2S. The van der Waals surface area contributed by atoms with Gasteiger partial charge in [-0.1, -0.05) is 42.5 Å². The summed E-state index contributed by atoms with van der Waals surface area (Å²) in [5.74, 6) is -0.0241. The van der Waals surface area contributed by atoms with Crippen LogP contribution in [0, 0.1) is 0 Å². The Labute approximate surface area is 137 Å². The van der Waals surface area contributed by atoms with E-state index in [9.17, 15) is 8.42 Å². The van der Waals surface area contributed by atoms with E-state index in [4.69, 9.17) is 0 Å². The molecule has 2 N–H and O–H groups in total. The van der Waals surface area contributed by atoms with Gasteiger partial charge in [0.25, 0.3) is 0 Å². The third-order valence-electron chi connectivity index (χ3n) is 3.83. The first-order chi connectivity index (χ1) is 11.1. The summed E-state index contributed by atoms with van der Waals surface area (Å²) in [6.07, 6.45) is 0. The Morgan fingerprint density at radius 3 is 2.35 bits per heavy atom. The van der Waals surface area contributed by atoms with Gasteiger partial charge in [-0.15, -0.1) is 0 Å². The summed E-state index contributed by atoms with van der Waals surface area (Å²) in [5, 5.41) is 3.30. The number of rotatable bonds is 5. The average Bonchev–Trinajstić information content (AvgIpc) is 2.56. The van der Waals surface area contributed by atoms with E-state index in [1.54, 1.807) is 0 Å². The van der Waals surface area contributed by atoms with Gasteiger partial charge in [0.15, 0.2) is 0 Å². The van der Waals surface area contributed by atoms with Crippen molar-refractivity contribution in [3.8, 4) is 0 Å². The number of para-hydroxylation sites is 2. The van der Waals surface area contributed by atoms with E-state index in [1.807, 2.05) is 54.6 Å². The van der Waals surface area contributed by atoms with Gasteiger partial charge >= 0.3 is 0 Å². The van der Waals surface area contributed by atoms with Crippen molar-refractivity contribution < 1.29 is 8.42 Å². The van der Waals surface area contributed by atoms with Crippen LogP contribution in [0.1, 0.15) is 5.56 Å². The topological polar surface area (TPSA) is 61.4 Å². The molecule has 0 amide bonds. The van der Waals surface area contributed by atoms with E-state index in [-0.39, 0.29) is 5.75 Å². The van der Waals surface area contributed by atoms with Gasteiger partial charge in [-0.3, -0.25) is 4.72 Å². The molecule has 1 aliphatic rings. The van der Waals surface area contributed by atoms with Crippen LogP contribution in [-0.4, -0.2) is 34.6 Å². The second-order valence-electron chi connectivity index (χ2n) is 5.60. The van der Waals surface area contributed by atoms with Crippen molar-refractivity contribution in [1.82, 2.24) is 5.32 Å². The zero-order valence-corrected chi connectivity index (χ0v) is 13.7. The number of hydrogen-bond donors (Lipinski definition) is 2. The number of piperazine rings is 1. The van der Waals surface area contributed by atoms with Gasteiger partial charge in [0.1, 0.15) is 0 Å². The molecule has 0 aliphatic carbocycles. The highest BCUT2D eigenvalue weighted by Gasteiger charge is 2.18. The van der Waals surface area contributed by atoms with Crippen molar-refractivity contribution in [2.45, 2.75) is 5.75 Å². The minimum atomic E-state index is -3.44. The molecule has 122 valence electrons. The number of anilines is 2. The minimum Gasteiger partial charge on any atom is -0.367 e. The van der Waals surface area contributed by atoms with Crippen LogP contribution < -0.4 is 14.9 Å². The van der Waals surface area contributed by atoms with Crippen LogP contribution in [0.25, 0.3) is 0 Å². The van der Waals surface area contributed by atoms with E-state index in [0.29, 0.717) is 5.69 Å². The minimum absolute atomic E-state index is 0.0241. The Balaban J connectivity index is 1.79. The maximum Gasteiger partial charge on any atom is 0.236 e. The summed E-state index contributed by atoms with van der Waals surface area (Å²) in [4.78, 5) is 2.21. The van der Waals surface area contributed by atoms with Crippen molar-refractivity contribution >= 4 is 21.4 Å². The molecule has 1 aliphatic heterocycles. The molecule has 1 saturated heterocycles. The molecule has 3 rings (SSSR count). The molecule has 0 atom stereocenters. The number of nitrogens with zero attached hydrogens (tertiary/aromatic N) is 1. The van der Waals surface area contributed by atoms with Crippen molar-refractivity contribution in [2.24, 2.45) is 0 Å². The van der Waals surface area contributed by atoms with Gasteiger partial charge in [0, 0.05) is 26.2 Å². The molecule has 0 unspecified atom stereocenters. The van der Waals surface area contributed by atoms with Crippen LogP contribution >= 0.6 is 0 Å². The Kier molecular flexibility index (Phi) is 4.83. The summed E-state index contributed by atoms with van der Waals surface area (Å²) in [5.41, 5.74) is 2.36. The number of sulfonamides is 1. The molecule has 0 spiro atoms. The molecule has 2 aromatic carbocycles. The molecule has 0 aromatic heterocycles. The summed E-state index contributed by atoms with van der Waals surface area (Å²) in [7, 11) is -3.44. The Hall–Kier alpha value is -2.05. The van der Waals surface area contributed by atoms with Crippen LogP contribution in [0.5, 0.6) is 0 Å². The molecule has 5 nitrogen and oxygen atoms in total. The Morgan fingerprint density at radius 1 is 0.957 bits per heavy atom. The zero-order chi connectivity index (χ0) is 16.1. The predicted molar refractivity (Wildman–Crippen MR) is 94.2 cm³/mol. The first-order valence-electron chi connectivity index (χ1n) is 7.73. The quantitative estimate of drug-likeness (QED) is 0.880. The van der Waals surface area contributed by atoms with Gasteiger partial charge in [-0.2, -0.15) is 0 Å². The lowest BCUT2D eigenvalue weighted by Gasteiger charge is -2.31. The summed E-state index contributed by atoms with van der Waals surface area (Å²) < 4.78 is 27.7. The Morgan fingerprint density at radius 2 is 1.61 bits per heavy atom. The summed E-state index contributed by atoms with van der Waals surface area (Å²) in [6.45, 7) is 3.56. The van der Waals surface area contributed by atoms with Crippen molar-refractivity contribution in [3.05, 3.63) is 60.2 Å². The van der Waals surface area contributed by atoms with E-state index >= 15 is 0 Å².